The standard InChI is InChI=1S/C21H28N4O6/c1-2-31-21(28)24-14-11-17(12-15-24)23-20(27)8-5-13-22-19(26)10-9-16-6-3-4-7-18(16)25(29)30/h3-4,6-7,9-10,17H,2,5,8,11-15H2,1H3,(H,22,26)(H,23,27)/b10-9+. The van der Waals surface area contributed by atoms with Gasteiger partial charge in [0.2, 0.25) is 11.8 Å². The van der Waals surface area contributed by atoms with E-state index in [-0.39, 0.29) is 36.1 Å². The number of rotatable bonds is 9. The first kappa shape index (κ1) is 23.8. The van der Waals surface area contributed by atoms with E-state index >= 15 is 0 Å². The molecule has 0 spiro atoms. The van der Waals surface area contributed by atoms with Crippen molar-refractivity contribution in [2.24, 2.45) is 0 Å². The van der Waals surface area contributed by atoms with E-state index in [2.05, 4.69) is 10.6 Å². The molecule has 0 bridgehead atoms. The van der Waals surface area contributed by atoms with Crippen molar-refractivity contribution in [3.8, 4) is 0 Å². The van der Waals surface area contributed by atoms with Gasteiger partial charge in [-0.2, -0.15) is 0 Å². The minimum Gasteiger partial charge on any atom is -0.450 e. The van der Waals surface area contributed by atoms with E-state index in [9.17, 15) is 24.5 Å². The molecule has 0 atom stereocenters. The number of hydrogen-bond acceptors (Lipinski definition) is 6. The second-order valence-corrected chi connectivity index (χ2v) is 7.07. The Morgan fingerprint density at radius 3 is 2.65 bits per heavy atom. The van der Waals surface area contributed by atoms with Crippen LogP contribution in [0.4, 0.5) is 10.5 Å². The molecule has 0 aromatic heterocycles. The third-order valence-corrected chi connectivity index (χ3v) is 4.81. The first-order valence-electron chi connectivity index (χ1n) is 10.3. The molecule has 3 amide bonds. The normalized spacial score (nSPS) is 14.3. The summed E-state index contributed by atoms with van der Waals surface area (Å²) in [7, 11) is 0. The molecule has 1 saturated heterocycles. The third-order valence-electron chi connectivity index (χ3n) is 4.81. The highest BCUT2D eigenvalue weighted by molar-refractivity contribution is 5.92. The first-order chi connectivity index (χ1) is 14.9. The lowest BCUT2D eigenvalue weighted by Crippen LogP contribution is -2.46. The van der Waals surface area contributed by atoms with Gasteiger partial charge >= 0.3 is 6.09 Å². The second-order valence-electron chi connectivity index (χ2n) is 7.07. The summed E-state index contributed by atoms with van der Waals surface area (Å²) in [5.41, 5.74) is 0.271. The lowest BCUT2D eigenvalue weighted by Gasteiger charge is -2.31. The summed E-state index contributed by atoms with van der Waals surface area (Å²) < 4.78 is 4.97. The minimum absolute atomic E-state index is 0.0253. The number of nitrogens with one attached hydrogen (secondary N) is 2. The quantitative estimate of drug-likeness (QED) is 0.266. The number of likely N-dealkylation sites (tertiary alicyclic amines) is 1. The summed E-state index contributed by atoms with van der Waals surface area (Å²) in [6.07, 6.45) is 4.40. The fraction of sp³-hybridized carbons (Fsp3) is 0.476. The van der Waals surface area contributed by atoms with E-state index in [1.54, 1.807) is 30.0 Å². The molecule has 2 rings (SSSR count). The molecule has 0 unspecified atom stereocenters. The molecule has 10 nitrogen and oxygen atoms in total. The van der Waals surface area contributed by atoms with E-state index < -0.39 is 4.92 Å². The SMILES string of the molecule is CCOC(=O)N1CCC(NC(=O)CCCNC(=O)/C=C/c2ccccc2[N+](=O)[O-])CC1. The zero-order valence-electron chi connectivity index (χ0n) is 17.5. The molecule has 2 N–H and O–H groups in total. The molecule has 31 heavy (non-hydrogen) atoms. The Morgan fingerprint density at radius 1 is 1.26 bits per heavy atom. The van der Waals surface area contributed by atoms with Gasteiger partial charge in [-0.3, -0.25) is 19.7 Å². The number of carbonyl (C=O) groups is 3. The van der Waals surface area contributed by atoms with E-state index in [0.29, 0.717) is 51.1 Å². The number of piperidine rings is 1. The second kappa shape index (κ2) is 12.3. The number of nitrogens with zero attached hydrogens (tertiary/aromatic N) is 2. The molecule has 1 aliphatic heterocycles. The number of nitro groups is 1. The fourth-order valence-corrected chi connectivity index (χ4v) is 3.20. The van der Waals surface area contributed by atoms with E-state index in [1.165, 1.54) is 18.2 Å². The van der Waals surface area contributed by atoms with Crippen LogP contribution in [0.5, 0.6) is 0 Å². The largest absolute Gasteiger partial charge is 0.450 e. The first-order valence-corrected chi connectivity index (χ1v) is 10.3. The zero-order chi connectivity index (χ0) is 22.6. The Balaban J connectivity index is 1.63. The van der Waals surface area contributed by atoms with Crippen LogP contribution in [0.3, 0.4) is 0 Å². The highest BCUT2D eigenvalue weighted by Crippen LogP contribution is 2.18. The van der Waals surface area contributed by atoms with Crippen LogP contribution in [-0.4, -0.2) is 60.0 Å². The van der Waals surface area contributed by atoms with Crippen molar-refractivity contribution in [3.63, 3.8) is 0 Å². The molecule has 0 aliphatic carbocycles. The number of para-hydroxylation sites is 1. The average molecular weight is 432 g/mol. The van der Waals surface area contributed by atoms with E-state index in [0.717, 1.165) is 0 Å². The maximum atomic E-state index is 12.1. The van der Waals surface area contributed by atoms with Crippen LogP contribution in [-0.2, 0) is 14.3 Å². The maximum Gasteiger partial charge on any atom is 0.409 e. The van der Waals surface area contributed by atoms with Gasteiger partial charge in [-0.15, -0.1) is 0 Å². The van der Waals surface area contributed by atoms with Gasteiger partial charge in [-0.1, -0.05) is 12.1 Å². The summed E-state index contributed by atoms with van der Waals surface area (Å²) in [6.45, 7) is 3.51. The average Bonchev–Trinajstić information content (AvgIpc) is 2.76. The Labute approximate surface area is 180 Å². The Bertz CT molecular complexity index is 818. The number of benzene rings is 1. The van der Waals surface area contributed by atoms with Gasteiger partial charge in [0.1, 0.15) is 0 Å². The molecule has 10 heteroatoms. The van der Waals surface area contributed by atoms with Gasteiger partial charge in [0.05, 0.1) is 17.1 Å². The summed E-state index contributed by atoms with van der Waals surface area (Å²) in [5.74, 6) is -0.482. The van der Waals surface area contributed by atoms with Gasteiger partial charge in [-0.05, 0) is 38.3 Å². The van der Waals surface area contributed by atoms with Crippen LogP contribution in [0.2, 0.25) is 0 Å². The van der Waals surface area contributed by atoms with Gasteiger partial charge in [0.25, 0.3) is 5.69 Å². The predicted octanol–water partition coefficient (Wildman–Crippen LogP) is 2.24. The van der Waals surface area contributed by atoms with Crippen LogP contribution in [0.15, 0.2) is 30.3 Å². The summed E-state index contributed by atoms with van der Waals surface area (Å²) in [4.78, 5) is 47.7. The summed E-state index contributed by atoms with van der Waals surface area (Å²) in [6, 6.07) is 6.17. The van der Waals surface area contributed by atoms with Crippen molar-refractivity contribution in [1.29, 1.82) is 0 Å². The van der Waals surface area contributed by atoms with Gasteiger partial charge in [-0.25, -0.2) is 4.79 Å². The molecule has 168 valence electrons. The number of ether oxygens (including phenoxy) is 1. The molecular weight excluding hydrogens is 404 g/mol. The van der Waals surface area contributed by atoms with Crippen molar-refractivity contribution in [1.82, 2.24) is 15.5 Å². The number of amides is 3. The monoisotopic (exact) mass is 432 g/mol. The lowest BCUT2D eigenvalue weighted by molar-refractivity contribution is -0.385. The van der Waals surface area contributed by atoms with Crippen molar-refractivity contribution >= 4 is 29.7 Å². The van der Waals surface area contributed by atoms with Crippen LogP contribution in [0.1, 0.15) is 38.2 Å². The topological polar surface area (TPSA) is 131 Å². The summed E-state index contributed by atoms with van der Waals surface area (Å²) >= 11 is 0. The fourth-order valence-electron chi connectivity index (χ4n) is 3.20. The van der Waals surface area contributed by atoms with Crippen LogP contribution >= 0.6 is 0 Å². The van der Waals surface area contributed by atoms with Gasteiger partial charge < -0.3 is 20.3 Å². The highest BCUT2D eigenvalue weighted by Gasteiger charge is 2.24. The Morgan fingerprint density at radius 2 is 1.97 bits per heavy atom. The predicted molar refractivity (Wildman–Crippen MR) is 114 cm³/mol. The molecule has 1 aliphatic rings. The van der Waals surface area contributed by atoms with Crippen LogP contribution in [0, 0.1) is 10.1 Å². The molecular formula is C21H28N4O6. The molecule has 0 radical (unpaired) electrons. The molecule has 1 aromatic rings. The van der Waals surface area contributed by atoms with E-state index in [4.69, 9.17) is 4.74 Å². The molecule has 1 fully saturated rings. The smallest absolute Gasteiger partial charge is 0.409 e. The van der Waals surface area contributed by atoms with Gasteiger partial charge in [0, 0.05) is 44.2 Å². The van der Waals surface area contributed by atoms with Crippen molar-refractivity contribution in [2.45, 2.75) is 38.6 Å². The Hall–Kier alpha value is -3.43. The van der Waals surface area contributed by atoms with Crippen LogP contribution < -0.4 is 10.6 Å². The number of carbonyl (C=O) groups excluding carboxylic acids is 3. The molecule has 0 saturated carbocycles. The zero-order valence-corrected chi connectivity index (χ0v) is 17.5. The molecule has 1 heterocycles. The Kier molecular flexibility index (Phi) is 9.47. The number of hydrogen-bond donors (Lipinski definition) is 2. The minimum atomic E-state index is -0.503. The van der Waals surface area contributed by atoms with Crippen molar-refractivity contribution in [3.05, 3.63) is 46.0 Å². The highest BCUT2D eigenvalue weighted by atomic mass is 16.6. The van der Waals surface area contributed by atoms with Crippen molar-refractivity contribution in [2.75, 3.05) is 26.2 Å². The maximum absolute atomic E-state index is 12.1. The van der Waals surface area contributed by atoms with E-state index in [1.807, 2.05) is 0 Å². The van der Waals surface area contributed by atoms with Gasteiger partial charge in [0.15, 0.2) is 0 Å². The summed E-state index contributed by atoms with van der Waals surface area (Å²) in [5, 5.41) is 16.6. The lowest BCUT2D eigenvalue weighted by atomic mass is 10.1. The third kappa shape index (κ3) is 8.07. The van der Waals surface area contributed by atoms with Crippen LogP contribution in [0.25, 0.3) is 6.08 Å². The molecule has 1 aromatic carbocycles. The number of nitro benzene ring substituents is 1. The van der Waals surface area contributed by atoms with Crippen molar-refractivity contribution < 1.29 is 24.0 Å².